The number of hydrogen-bond acceptors (Lipinski definition) is 6. The first kappa shape index (κ1) is 17.8. The minimum atomic E-state index is -0.275. The minimum Gasteiger partial charge on any atom is -0.454 e. The summed E-state index contributed by atoms with van der Waals surface area (Å²) in [4.78, 5) is 21.0. The van der Waals surface area contributed by atoms with Crippen molar-refractivity contribution in [3.63, 3.8) is 0 Å². The summed E-state index contributed by atoms with van der Waals surface area (Å²) in [7, 11) is 0. The van der Waals surface area contributed by atoms with E-state index in [9.17, 15) is 4.79 Å². The summed E-state index contributed by atoms with van der Waals surface area (Å²) in [6, 6.07) is 13.3. The van der Waals surface area contributed by atoms with Crippen molar-refractivity contribution in [3.05, 3.63) is 71.0 Å². The van der Waals surface area contributed by atoms with Crippen LogP contribution >= 0.6 is 0 Å². The van der Waals surface area contributed by atoms with Crippen molar-refractivity contribution in [2.75, 3.05) is 12.1 Å². The van der Waals surface area contributed by atoms with Gasteiger partial charge in [0.2, 0.25) is 12.7 Å². The molecule has 4 rings (SSSR count). The number of nitrogens with one attached hydrogen (secondary N) is 2. The molecule has 1 amide bonds. The van der Waals surface area contributed by atoms with Crippen molar-refractivity contribution >= 4 is 17.5 Å². The number of aromatic nitrogens is 2. The summed E-state index contributed by atoms with van der Waals surface area (Å²) in [6.07, 6.45) is 1.56. The highest BCUT2D eigenvalue weighted by Crippen LogP contribution is 2.32. The Labute approximate surface area is 162 Å². The summed E-state index contributed by atoms with van der Waals surface area (Å²) in [5.74, 6) is 1.51. The Kier molecular flexibility index (Phi) is 4.80. The van der Waals surface area contributed by atoms with Crippen LogP contribution in [0.4, 0.5) is 11.6 Å². The van der Waals surface area contributed by atoms with Gasteiger partial charge in [0.05, 0.1) is 0 Å². The molecule has 0 saturated carbocycles. The summed E-state index contributed by atoms with van der Waals surface area (Å²) < 4.78 is 10.6. The first-order valence-corrected chi connectivity index (χ1v) is 8.92. The van der Waals surface area contributed by atoms with Gasteiger partial charge in [0.1, 0.15) is 5.69 Å². The fourth-order valence-corrected chi connectivity index (χ4v) is 3.05. The first-order valence-electron chi connectivity index (χ1n) is 8.92. The molecule has 0 atom stereocenters. The second-order valence-electron chi connectivity index (χ2n) is 6.64. The zero-order chi connectivity index (χ0) is 19.5. The Morgan fingerprint density at radius 1 is 1.04 bits per heavy atom. The highest BCUT2D eigenvalue weighted by molar-refractivity contribution is 5.92. The summed E-state index contributed by atoms with van der Waals surface area (Å²) >= 11 is 0. The fourth-order valence-electron chi connectivity index (χ4n) is 3.05. The zero-order valence-corrected chi connectivity index (χ0v) is 15.7. The van der Waals surface area contributed by atoms with Gasteiger partial charge in [-0.1, -0.05) is 12.1 Å². The standard InChI is InChI=1S/C21H20N4O3/c1-13-7-14(2)9-16(8-13)24-21-22-6-5-17(25-21)20(26)23-11-15-3-4-18-19(10-15)28-12-27-18/h3-10H,11-12H2,1-2H3,(H,23,26)(H,22,24,25). The molecule has 0 spiro atoms. The number of hydrogen-bond donors (Lipinski definition) is 2. The smallest absolute Gasteiger partial charge is 0.270 e. The van der Waals surface area contributed by atoms with Crippen molar-refractivity contribution in [2.45, 2.75) is 20.4 Å². The van der Waals surface area contributed by atoms with E-state index >= 15 is 0 Å². The number of carbonyl (C=O) groups excluding carboxylic acids is 1. The van der Waals surface area contributed by atoms with E-state index in [4.69, 9.17) is 9.47 Å². The topological polar surface area (TPSA) is 85.4 Å². The number of anilines is 2. The number of ether oxygens (including phenoxy) is 2. The average Bonchev–Trinajstić information content (AvgIpc) is 3.13. The zero-order valence-electron chi connectivity index (χ0n) is 15.7. The summed E-state index contributed by atoms with van der Waals surface area (Å²) in [5, 5.41) is 6.01. The average molecular weight is 376 g/mol. The maximum Gasteiger partial charge on any atom is 0.270 e. The molecule has 1 aromatic heterocycles. The Morgan fingerprint density at radius 3 is 2.64 bits per heavy atom. The third-order valence-electron chi connectivity index (χ3n) is 4.26. The van der Waals surface area contributed by atoms with Crippen LogP contribution in [0, 0.1) is 13.8 Å². The molecular formula is C21H20N4O3. The highest BCUT2D eigenvalue weighted by atomic mass is 16.7. The van der Waals surface area contributed by atoms with Crippen LogP contribution in [0.15, 0.2) is 48.7 Å². The van der Waals surface area contributed by atoms with Crippen molar-refractivity contribution < 1.29 is 14.3 Å². The van der Waals surface area contributed by atoms with E-state index in [1.54, 1.807) is 12.3 Å². The van der Waals surface area contributed by atoms with Crippen LogP contribution in [0.1, 0.15) is 27.2 Å². The normalized spacial score (nSPS) is 11.9. The lowest BCUT2D eigenvalue weighted by atomic mass is 10.1. The van der Waals surface area contributed by atoms with E-state index in [0.717, 1.165) is 22.4 Å². The van der Waals surface area contributed by atoms with Crippen molar-refractivity contribution in [1.29, 1.82) is 0 Å². The molecule has 2 heterocycles. The van der Waals surface area contributed by atoms with Crippen LogP contribution in [0.5, 0.6) is 11.5 Å². The van der Waals surface area contributed by atoms with E-state index in [2.05, 4.69) is 26.7 Å². The predicted octanol–water partition coefficient (Wildman–Crippen LogP) is 3.50. The lowest BCUT2D eigenvalue weighted by molar-refractivity contribution is 0.0946. The fraction of sp³-hybridized carbons (Fsp3) is 0.190. The van der Waals surface area contributed by atoms with Crippen LogP contribution in [0.25, 0.3) is 0 Å². The van der Waals surface area contributed by atoms with Gasteiger partial charge in [0.15, 0.2) is 11.5 Å². The molecule has 2 aromatic carbocycles. The van der Waals surface area contributed by atoms with Gasteiger partial charge in [0, 0.05) is 18.4 Å². The van der Waals surface area contributed by atoms with E-state index in [0.29, 0.717) is 29.7 Å². The first-order chi connectivity index (χ1) is 13.6. The Morgan fingerprint density at radius 2 is 1.82 bits per heavy atom. The lowest BCUT2D eigenvalue weighted by Gasteiger charge is -2.09. The van der Waals surface area contributed by atoms with Gasteiger partial charge in [-0.2, -0.15) is 0 Å². The van der Waals surface area contributed by atoms with Gasteiger partial charge in [-0.15, -0.1) is 0 Å². The molecular weight excluding hydrogens is 356 g/mol. The summed E-state index contributed by atoms with van der Waals surface area (Å²) in [6.45, 7) is 4.64. The SMILES string of the molecule is Cc1cc(C)cc(Nc2nccc(C(=O)NCc3ccc4c(c3)OCO4)n2)c1. The molecule has 1 aliphatic heterocycles. The molecule has 0 bridgehead atoms. The Hall–Kier alpha value is -3.61. The monoisotopic (exact) mass is 376 g/mol. The number of benzene rings is 2. The maximum atomic E-state index is 12.5. The van der Waals surface area contributed by atoms with Crippen molar-refractivity contribution in [2.24, 2.45) is 0 Å². The molecule has 142 valence electrons. The molecule has 0 aliphatic carbocycles. The molecule has 0 fully saturated rings. The number of nitrogens with zero attached hydrogens (tertiary/aromatic N) is 2. The maximum absolute atomic E-state index is 12.5. The number of aryl methyl sites for hydroxylation is 2. The van der Waals surface area contributed by atoms with Crippen LogP contribution < -0.4 is 20.1 Å². The molecule has 0 radical (unpaired) electrons. The van der Waals surface area contributed by atoms with E-state index < -0.39 is 0 Å². The van der Waals surface area contributed by atoms with Gasteiger partial charge in [0.25, 0.3) is 5.91 Å². The largest absolute Gasteiger partial charge is 0.454 e. The van der Waals surface area contributed by atoms with E-state index in [-0.39, 0.29) is 12.7 Å². The highest BCUT2D eigenvalue weighted by Gasteiger charge is 2.14. The van der Waals surface area contributed by atoms with Gasteiger partial charge in [-0.05, 0) is 60.9 Å². The third-order valence-corrected chi connectivity index (χ3v) is 4.26. The summed E-state index contributed by atoms with van der Waals surface area (Å²) in [5.41, 5.74) is 4.37. The van der Waals surface area contributed by atoms with Crippen LogP contribution in [-0.4, -0.2) is 22.7 Å². The van der Waals surface area contributed by atoms with Gasteiger partial charge in [-0.3, -0.25) is 4.79 Å². The molecule has 2 N–H and O–H groups in total. The molecule has 1 aliphatic rings. The van der Waals surface area contributed by atoms with E-state index in [1.807, 2.05) is 44.2 Å². The molecule has 7 heteroatoms. The predicted molar refractivity (Wildman–Crippen MR) is 105 cm³/mol. The molecule has 0 unspecified atom stereocenters. The minimum absolute atomic E-state index is 0.225. The lowest BCUT2D eigenvalue weighted by Crippen LogP contribution is -2.24. The second kappa shape index (κ2) is 7.56. The molecule has 3 aromatic rings. The quantitative estimate of drug-likeness (QED) is 0.709. The van der Waals surface area contributed by atoms with Crippen LogP contribution in [0.3, 0.4) is 0 Å². The number of rotatable bonds is 5. The van der Waals surface area contributed by atoms with Crippen molar-refractivity contribution in [1.82, 2.24) is 15.3 Å². The molecule has 0 saturated heterocycles. The van der Waals surface area contributed by atoms with Crippen molar-refractivity contribution in [3.8, 4) is 11.5 Å². The molecule has 28 heavy (non-hydrogen) atoms. The Bertz CT molecular complexity index is 1020. The van der Waals surface area contributed by atoms with E-state index in [1.165, 1.54) is 0 Å². The number of amides is 1. The van der Waals surface area contributed by atoms with Gasteiger partial charge < -0.3 is 20.1 Å². The van der Waals surface area contributed by atoms with Crippen LogP contribution in [-0.2, 0) is 6.54 Å². The number of carbonyl (C=O) groups is 1. The number of fused-ring (bicyclic) bond motifs is 1. The van der Waals surface area contributed by atoms with Gasteiger partial charge in [-0.25, -0.2) is 9.97 Å². The molecule has 7 nitrogen and oxygen atoms in total. The Balaban J connectivity index is 1.42. The third kappa shape index (κ3) is 4.03. The second-order valence-corrected chi connectivity index (χ2v) is 6.64. The van der Waals surface area contributed by atoms with Gasteiger partial charge >= 0.3 is 0 Å². The van der Waals surface area contributed by atoms with Crippen LogP contribution in [0.2, 0.25) is 0 Å².